The molecule has 0 amide bonds. The van der Waals surface area contributed by atoms with E-state index in [9.17, 15) is 36.6 Å². The maximum atomic E-state index is 13.7. The van der Waals surface area contributed by atoms with Gasteiger partial charge in [0.1, 0.15) is 0 Å². The lowest BCUT2D eigenvalue weighted by atomic mass is 9.38. The first-order chi connectivity index (χ1) is 13.6. The molecule has 0 bridgehead atoms. The van der Waals surface area contributed by atoms with Crippen LogP contribution in [0.1, 0.15) is 38.8 Å². The number of hydrogen-bond acceptors (Lipinski definition) is 4. The fourth-order valence-corrected chi connectivity index (χ4v) is 3.36. The van der Waals surface area contributed by atoms with E-state index < -0.39 is 53.1 Å². The molecule has 1 heterocycles. The van der Waals surface area contributed by atoms with Crippen molar-refractivity contribution < 1.29 is 45.9 Å². The standard InChI is InChI=1S/C17H24B4F6O4/c1-12(2)13(3,4)31-21(30-12)10-7-8(5-6-9(10)15(18,19)20)14(29,17(25,26)27)11(28)16(22,23)24/h5-7,11,28-29H,18-20H2,1-4H3. The molecule has 0 aromatic heterocycles. The van der Waals surface area contributed by atoms with Gasteiger partial charge in [0.05, 0.1) is 34.7 Å². The minimum atomic E-state index is -5.82. The highest BCUT2D eigenvalue weighted by molar-refractivity contribution is 6.66. The Morgan fingerprint density at radius 3 is 1.74 bits per heavy atom. The van der Waals surface area contributed by atoms with Crippen LogP contribution >= 0.6 is 0 Å². The van der Waals surface area contributed by atoms with Gasteiger partial charge in [-0.25, -0.2) is 0 Å². The zero-order chi connectivity index (χ0) is 24.4. The topological polar surface area (TPSA) is 58.9 Å². The predicted octanol–water partition coefficient (Wildman–Crippen LogP) is -0.332. The Bertz CT molecular complexity index is 821. The molecule has 0 spiro atoms. The molecule has 2 rings (SSSR count). The number of hydrogen-bond donors (Lipinski definition) is 2. The van der Waals surface area contributed by atoms with Gasteiger partial charge in [-0.15, -0.1) is 0 Å². The summed E-state index contributed by atoms with van der Waals surface area (Å²) in [6, 6.07) is 2.69. The van der Waals surface area contributed by atoms with Crippen molar-refractivity contribution in [3.63, 3.8) is 0 Å². The second-order valence-corrected chi connectivity index (χ2v) is 9.85. The van der Waals surface area contributed by atoms with E-state index in [1.807, 2.05) is 0 Å². The highest BCUT2D eigenvalue weighted by atomic mass is 19.4. The molecule has 1 aromatic rings. The molecule has 0 saturated carbocycles. The van der Waals surface area contributed by atoms with Crippen molar-refractivity contribution in [2.45, 2.75) is 68.1 Å². The smallest absolute Gasteiger partial charge is 0.399 e. The first-order valence-electron chi connectivity index (χ1n) is 9.60. The van der Waals surface area contributed by atoms with Crippen molar-refractivity contribution in [1.82, 2.24) is 0 Å². The van der Waals surface area contributed by atoms with E-state index in [1.54, 1.807) is 51.2 Å². The third-order valence-corrected chi connectivity index (χ3v) is 5.94. The van der Waals surface area contributed by atoms with Gasteiger partial charge in [0.15, 0.2) is 6.10 Å². The second-order valence-electron chi connectivity index (χ2n) is 9.85. The first-order valence-corrected chi connectivity index (χ1v) is 9.60. The molecule has 1 aromatic carbocycles. The van der Waals surface area contributed by atoms with Gasteiger partial charge in [0.2, 0.25) is 5.60 Å². The third kappa shape index (κ3) is 4.54. The van der Waals surface area contributed by atoms with Crippen LogP contribution in [0.15, 0.2) is 18.2 Å². The molecule has 31 heavy (non-hydrogen) atoms. The molecule has 2 atom stereocenters. The lowest BCUT2D eigenvalue weighted by molar-refractivity contribution is -0.347. The Balaban J connectivity index is 2.76. The van der Waals surface area contributed by atoms with Crippen LogP contribution in [0.2, 0.25) is 0 Å². The summed E-state index contributed by atoms with van der Waals surface area (Å²) in [6.45, 7) is 6.86. The summed E-state index contributed by atoms with van der Waals surface area (Å²) in [5, 5.41) is 19.1. The monoisotopic (exact) mass is 450 g/mol. The second kappa shape index (κ2) is 7.46. The number of benzene rings is 1. The molecule has 0 aliphatic carbocycles. The highest BCUT2D eigenvalue weighted by Gasteiger charge is 2.67. The lowest BCUT2D eigenvalue weighted by Gasteiger charge is -2.37. The van der Waals surface area contributed by atoms with E-state index in [0.29, 0.717) is 5.56 Å². The van der Waals surface area contributed by atoms with E-state index in [0.717, 1.165) is 12.1 Å². The van der Waals surface area contributed by atoms with Crippen molar-refractivity contribution in [3.8, 4) is 0 Å². The van der Waals surface area contributed by atoms with E-state index in [2.05, 4.69) is 0 Å². The molecule has 1 aliphatic rings. The third-order valence-electron chi connectivity index (χ3n) is 5.94. The van der Waals surface area contributed by atoms with Gasteiger partial charge in [-0.05, 0) is 38.7 Å². The van der Waals surface area contributed by atoms with Crippen LogP contribution in [0.3, 0.4) is 0 Å². The van der Waals surface area contributed by atoms with Crippen LogP contribution in [0.25, 0.3) is 0 Å². The Morgan fingerprint density at radius 1 is 0.935 bits per heavy atom. The number of aliphatic hydroxyl groups excluding tert-OH is 1. The molecule has 14 heteroatoms. The zero-order valence-corrected chi connectivity index (χ0v) is 18.4. The minimum absolute atomic E-state index is 0.0423. The first kappa shape index (κ1) is 26.2. The summed E-state index contributed by atoms with van der Waals surface area (Å²) in [7, 11) is 4.09. The molecule has 170 valence electrons. The molecule has 1 aliphatic heterocycles. The predicted molar refractivity (Wildman–Crippen MR) is 111 cm³/mol. The molecule has 2 unspecified atom stereocenters. The van der Waals surface area contributed by atoms with Gasteiger partial charge in [-0.1, -0.05) is 28.9 Å². The Hall–Kier alpha value is -1.10. The fourth-order valence-electron chi connectivity index (χ4n) is 3.36. The molecule has 1 fully saturated rings. The number of alkyl halides is 6. The van der Waals surface area contributed by atoms with Crippen molar-refractivity contribution in [3.05, 3.63) is 29.3 Å². The largest absolute Gasteiger partial charge is 0.495 e. The van der Waals surface area contributed by atoms with Crippen LogP contribution in [0.4, 0.5) is 26.3 Å². The van der Waals surface area contributed by atoms with Crippen molar-refractivity contribution in [2.24, 2.45) is 0 Å². The van der Waals surface area contributed by atoms with Gasteiger partial charge < -0.3 is 19.5 Å². The SMILES string of the molecule is BC(B)(B)c1ccc(C(O)(C(O)C(F)(F)F)C(F)(F)F)cc1B1OC(C)(C)C(C)(C)O1. The normalized spacial score (nSPS) is 22.3. The number of halogens is 6. The van der Waals surface area contributed by atoms with Crippen LogP contribution in [-0.4, -0.2) is 70.5 Å². The molecule has 0 radical (unpaired) electrons. The van der Waals surface area contributed by atoms with Gasteiger partial charge in [0.25, 0.3) is 0 Å². The average molecular weight is 450 g/mol. The van der Waals surface area contributed by atoms with E-state index >= 15 is 0 Å². The number of aliphatic hydroxyl groups is 2. The van der Waals surface area contributed by atoms with Gasteiger partial charge in [-0.3, -0.25) is 0 Å². The molecule has 2 N–H and O–H groups in total. The Labute approximate surface area is 180 Å². The van der Waals surface area contributed by atoms with E-state index in [4.69, 9.17) is 9.31 Å². The van der Waals surface area contributed by atoms with Crippen LogP contribution in [0, 0.1) is 0 Å². The maximum absolute atomic E-state index is 13.7. The summed E-state index contributed by atoms with van der Waals surface area (Å²) < 4.78 is 92.1. The van der Waals surface area contributed by atoms with Crippen LogP contribution in [0.5, 0.6) is 0 Å². The van der Waals surface area contributed by atoms with Crippen LogP contribution in [-0.2, 0) is 20.0 Å². The van der Waals surface area contributed by atoms with E-state index in [1.165, 1.54) is 6.07 Å². The van der Waals surface area contributed by atoms with Crippen molar-refractivity contribution >= 4 is 36.1 Å². The zero-order valence-electron chi connectivity index (χ0n) is 18.4. The molecular weight excluding hydrogens is 425 g/mol. The lowest BCUT2D eigenvalue weighted by Crippen LogP contribution is -2.58. The summed E-state index contributed by atoms with van der Waals surface area (Å²) in [4.78, 5) is 0. The maximum Gasteiger partial charge on any atom is 0.495 e. The molecule has 1 saturated heterocycles. The minimum Gasteiger partial charge on any atom is -0.399 e. The highest BCUT2D eigenvalue weighted by Crippen LogP contribution is 2.46. The van der Waals surface area contributed by atoms with Crippen molar-refractivity contribution in [1.29, 1.82) is 0 Å². The van der Waals surface area contributed by atoms with Gasteiger partial charge in [0, 0.05) is 0 Å². The van der Waals surface area contributed by atoms with Gasteiger partial charge in [-0.2, -0.15) is 26.3 Å². The summed E-state index contributed by atoms with van der Waals surface area (Å²) in [5.41, 5.74) is -6.98. The van der Waals surface area contributed by atoms with Crippen LogP contribution < -0.4 is 5.46 Å². The van der Waals surface area contributed by atoms with Crippen molar-refractivity contribution in [2.75, 3.05) is 0 Å². The fraction of sp³-hybridized carbons (Fsp3) is 0.647. The Morgan fingerprint density at radius 2 is 1.39 bits per heavy atom. The van der Waals surface area contributed by atoms with Gasteiger partial charge >= 0.3 is 19.5 Å². The number of rotatable bonds is 4. The van der Waals surface area contributed by atoms with E-state index in [-0.39, 0.29) is 5.46 Å². The molecule has 4 nitrogen and oxygen atoms in total. The molecular formula is C17H24B4F6O4. The average Bonchev–Trinajstić information content (AvgIpc) is 2.78. The quantitative estimate of drug-likeness (QED) is 0.488. The Kier molecular flexibility index (Phi) is 6.30. The summed E-state index contributed by atoms with van der Waals surface area (Å²) in [5.74, 6) is 0. The summed E-state index contributed by atoms with van der Waals surface area (Å²) >= 11 is 0. The summed E-state index contributed by atoms with van der Waals surface area (Å²) in [6.07, 6.45) is -15.6.